The molecule has 1 amide bonds. The Labute approximate surface area is 99.1 Å². The molecule has 0 spiro atoms. The van der Waals surface area contributed by atoms with Crippen LogP contribution in [0.3, 0.4) is 0 Å². The maximum Gasteiger partial charge on any atom is 0.328 e. The maximum absolute atomic E-state index is 11.5. The van der Waals surface area contributed by atoms with Gasteiger partial charge in [-0.1, -0.05) is 0 Å². The molecule has 2 N–H and O–H groups in total. The third kappa shape index (κ3) is 3.78. The molecule has 7 nitrogen and oxygen atoms in total. The van der Waals surface area contributed by atoms with Crippen LogP contribution in [0.2, 0.25) is 0 Å². The SMILES string of the molecule is CC(OC(=O)Cn1ccc(N)n1)C(=O)N(C)C. The zero-order chi connectivity index (χ0) is 13.0. The van der Waals surface area contributed by atoms with Crippen molar-refractivity contribution in [3.05, 3.63) is 12.3 Å². The van der Waals surface area contributed by atoms with E-state index in [2.05, 4.69) is 5.10 Å². The van der Waals surface area contributed by atoms with Gasteiger partial charge in [-0.15, -0.1) is 0 Å². The summed E-state index contributed by atoms with van der Waals surface area (Å²) in [5.41, 5.74) is 5.40. The number of ether oxygens (including phenoxy) is 1. The van der Waals surface area contributed by atoms with E-state index in [4.69, 9.17) is 10.5 Å². The minimum Gasteiger partial charge on any atom is -0.451 e. The standard InChI is InChI=1S/C10H16N4O3/c1-7(10(16)13(2)3)17-9(15)6-14-5-4-8(11)12-14/h4-5,7H,6H2,1-3H3,(H2,11,12). The van der Waals surface area contributed by atoms with Crippen molar-refractivity contribution in [3.8, 4) is 0 Å². The fourth-order valence-electron chi connectivity index (χ4n) is 1.25. The molecule has 94 valence electrons. The fourth-order valence-corrected chi connectivity index (χ4v) is 1.25. The molecule has 0 aliphatic rings. The fraction of sp³-hybridized carbons (Fsp3) is 0.500. The summed E-state index contributed by atoms with van der Waals surface area (Å²) >= 11 is 0. The number of carbonyl (C=O) groups is 2. The third-order valence-corrected chi connectivity index (χ3v) is 2.05. The molecule has 0 saturated carbocycles. The van der Waals surface area contributed by atoms with E-state index in [1.807, 2.05) is 0 Å². The number of amides is 1. The van der Waals surface area contributed by atoms with E-state index < -0.39 is 12.1 Å². The van der Waals surface area contributed by atoms with Gasteiger partial charge in [0.05, 0.1) is 0 Å². The lowest BCUT2D eigenvalue weighted by Gasteiger charge is -2.17. The molecule has 17 heavy (non-hydrogen) atoms. The van der Waals surface area contributed by atoms with Gasteiger partial charge in [0, 0.05) is 20.3 Å². The molecule has 1 rings (SSSR count). The molecule has 0 radical (unpaired) electrons. The van der Waals surface area contributed by atoms with Crippen LogP contribution in [0.1, 0.15) is 6.92 Å². The average molecular weight is 240 g/mol. The largest absolute Gasteiger partial charge is 0.451 e. The lowest BCUT2D eigenvalue weighted by molar-refractivity contribution is -0.158. The smallest absolute Gasteiger partial charge is 0.328 e. The van der Waals surface area contributed by atoms with Gasteiger partial charge in [0.25, 0.3) is 5.91 Å². The van der Waals surface area contributed by atoms with E-state index in [-0.39, 0.29) is 12.5 Å². The molecule has 1 aromatic rings. The summed E-state index contributed by atoms with van der Waals surface area (Å²) < 4.78 is 6.31. The molecule has 1 heterocycles. The predicted octanol–water partition coefficient (Wildman–Crippen LogP) is -0.515. The summed E-state index contributed by atoms with van der Waals surface area (Å²) in [7, 11) is 3.20. The van der Waals surface area contributed by atoms with Crippen molar-refractivity contribution >= 4 is 17.7 Å². The number of nitrogens with zero attached hydrogens (tertiary/aromatic N) is 3. The first-order valence-electron chi connectivity index (χ1n) is 5.09. The van der Waals surface area contributed by atoms with Gasteiger partial charge in [0.2, 0.25) is 0 Å². The van der Waals surface area contributed by atoms with Gasteiger partial charge < -0.3 is 15.4 Å². The zero-order valence-electron chi connectivity index (χ0n) is 10.1. The van der Waals surface area contributed by atoms with Crippen LogP contribution in [-0.4, -0.2) is 46.8 Å². The van der Waals surface area contributed by atoms with E-state index in [0.717, 1.165) is 0 Å². The first-order chi connectivity index (χ1) is 7.90. The summed E-state index contributed by atoms with van der Waals surface area (Å²) in [4.78, 5) is 24.3. The number of anilines is 1. The van der Waals surface area contributed by atoms with Crippen molar-refractivity contribution < 1.29 is 14.3 Å². The Morgan fingerprint density at radius 2 is 2.24 bits per heavy atom. The Morgan fingerprint density at radius 1 is 1.59 bits per heavy atom. The molecule has 0 aromatic carbocycles. The van der Waals surface area contributed by atoms with Gasteiger partial charge >= 0.3 is 5.97 Å². The van der Waals surface area contributed by atoms with Crippen LogP contribution in [0.15, 0.2) is 12.3 Å². The van der Waals surface area contributed by atoms with E-state index in [0.29, 0.717) is 5.82 Å². The van der Waals surface area contributed by atoms with Crippen LogP contribution in [0.5, 0.6) is 0 Å². The van der Waals surface area contributed by atoms with Gasteiger partial charge in [-0.2, -0.15) is 5.10 Å². The van der Waals surface area contributed by atoms with Crippen LogP contribution < -0.4 is 5.73 Å². The number of aromatic nitrogens is 2. The topological polar surface area (TPSA) is 90.5 Å². The first kappa shape index (κ1) is 13.0. The molecule has 0 bridgehead atoms. The third-order valence-electron chi connectivity index (χ3n) is 2.05. The number of hydrogen-bond donors (Lipinski definition) is 1. The molecule has 0 fully saturated rings. The van der Waals surface area contributed by atoms with Crippen molar-refractivity contribution in [2.24, 2.45) is 0 Å². The normalized spacial score (nSPS) is 11.9. The Bertz CT molecular complexity index is 413. The second kappa shape index (κ2) is 5.33. The zero-order valence-corrected chi connectivity index (χ0v) is 10.1. The van der Waals surface area contributed by atoms with Gasteiger partial charge in [0.15, 0.2) is 6.10 Å². The Morgan fingerprint density at radius 3 is 2.71 bits per heavy atom. The van der Waals surface area contributed by atoms with Gasteiger partial charge in [-0.3, -0.25) is 14.3 Å². The molecule has 0 saturated heterocycles. The second-order valence-electron chi connectivity index (χ2n) is 3.80. The van der Waals surface area contributed by atoms with Gasteiger partial charge in [-0.25, -0.2) is 0 Å². The number of esters is 1. The molecule has 1 atom stereocenters. The van der Waals surface area contributed by atoms with E-state index in [9.17, 15) is 9.59 Å². The molecule has 0 aliphatic carbocycles. The summed E-state index contributed by atoms with van der Waals surface area (Å²) in [6.07, 6.45) is 0.764. The lowest BCUT2D eigenvalue weighted by Crippen LogP contribution is -2.35. The Hall–Kier alpha value is -2.05. The second-order valence-corrected chi connectivity index (χ2v) is 3.80. The summed E-state index contributed by atoms with van der Waals surface area (Å²) in [6, 6.07) is 1.57. The molecule has 0 aliphatic heterocycles. The summed E-state index contributed by atoms with van der Waals surface area (Å²) in [6.45, 7) is 1.46. The van der Waals surface area contributed by atoms with Crippen LogP contribution >= 0.6 is 0 Å². The Kier molecular flexibility index (Phi) is 4.08. The van der Waals surface area contributed by atoms with E-state index in [1.54, 1.807) is 26.4 Å². The lowest BCUT2D eigenvalue weighted by atomic mass is 10.3. The highest BCUT2D eigenvalue weighted by atomic mass is 16.5. The number of rotatable bonds is 4. The number of carbonyl (C=O) groups excluding carboxylic acids is 2. The predicted molar refractivity (Wildman–Crippen MR) is 60.9 cm³/mol. The number of hydrogen-bond acceptors (Lipinski definition) is 5. The molecule has 1 unspecified atom stereocenters. The molecular weight excluding hydrogens is 224 g/mol. The first-order valence-corrected chi connectivity index (χ1v) is 5.09. The molecule has 7 heteroatoms. The van der Waals surface area contributed by atoms with Crippen LogP contribution in [0, 0.1) is 0 Å². The van der Waals surface area contributed by atoms with Crippen molar-refractivity contribution in [1.82, 2.24) is 14.7 Å². The molecule has 1 aromatic heterocycles. The van der Waals surface area contributed by atoms with E-state index >= 15 is 0 Å². The highest BCUT2D eigenvalue weighted by Gasteiger charge is 2.19. The van der Waals surface area contributed by atoms with Crippen LogP contribution in [0.25, 0.3) is 0 Å². The van der Waals surface area contributed by atoms with Gasteiger partial charge in [0.1, 0.15) is 12.4 Å². The Balaban J connectivity index is 2.47. The minimum atomic E-state index is -0.801. The highest BCUT2D eigenvalue weighted by molar-refractivity contribution is 5.83. The quantitative estimate of drug-likeness (QED) is 0.715. The summed E-state index contributed by atoms with van der Waals surface area (Å²) in [5.74, 6) is -0.468. The minimum absolute atomic E-state index is 0.0672. The maximum atomic E-state index is 11.5. The average Bonchev–Trinajstić information content (AvgIpc) is 2.62. The van der Waals surface area contributed by atoms with E-state index in [1.165, 1.54) is 16.5 Å². The summed E-state index contributed by atoms with van der Waals surface area (Å²) in [5, 5.41) is 3.84. The van der Waals surface area contributed by atoms with Crippen molar-refractivity contribution in [2.45, 2.75) is 19.6 Å². The van der Waals surface area contributed by atoms with Crippen molar-refractivity contribution in [1.29, 1.82) is 0 Å². The monoisotopic (exact) mass is 240 g/mol. The van der Waals surface area contributed by atoms with Crippen molar-refractivity contribution in [2.75, 3.05) is 19.8 Å². The van der Waals surface area contributed by atoms with Gasteiger partial charge in [-0.05, 0) is 13.0 Å². The number of likely N-dealkylation sites (N-methyl/N-ethyl adjacent to an activating group) is 1. The number of nitrogen functional groups attached to an aromatic ring is 1. The highest BCUT2D eigenvalue weighted by Crippen LogP contribution is 2.00. The molecular formula is C10H16N4O3. The number of nitrogens with two attached hydrogens (primary N) is 1. The van der Waals surface area contributed by atoms with Crippen LogP contribution in [-0.2, 0) is 20.9 Å². The van der Waals surface area contributed by atoms with Crippen LogP contribution in [0.4, 0.5) is 5.82 Å². The van der Waals surface area contributed by atoms with Crippen molar-refractivity contribution in [3.63, 3.8) is 0 Å².